The topological polar surface area (TPSA) is 56.0 Å². The second kappa shape index (κ2) is 4.78. The number of hydrogen-bond donors (Lipinski definition) is 1. The van der Waals surface area contributed by atoms with Gasteiger partial charge in [-0.15, -0.1) is 0 Å². The number of aromatic nitrogens is 1. The fraction of sp³-hybridized carbons (Fsp3) is 0.143. The Bertz CT molecular complexity index is 532. The van der Waals surface area contributed by atoms with E-state index in [4.69, 9.17) is 5.73 Å². The Morgan fingerprint density at radius 3 is 2.59 bits per heavy atom. The number of carbonyl (C=O) groups is 1. The number of nitrogens with two attached hydrogens (primary N) is 1. The lowest BCUT2D eigenvalue weighted by Gasteiger charge is -2.03. The highest BCUT2D eigenvalue weighted by Gasteiger charge is 2.03. The summed E-state index contributed by atoms with van der Waals surface area (Å²) < 4.78 is 0. The van der Waals surface area contributed by atoms with E-state index in [-0.39, 0.29) is 0 Å². The molecule has 0 aliphatic rings. The molecule has 2 aromatic rings. The van der Waals surface area contributed by atoms with Gasteiger partial charge in [0.1, 0.15) is 0 Å². The minimum absolute atomic E-state index is 0.419. The van der Waals surface area contributed by atoms with Gasteiger partial charge in [-0.25, -0.2) is 0 Å². The summed E-state index contributed by atoms with van der Waals surface area (Å²) in [5.41, 5.74) is 8.98. The Kier molecular flexibility index (Phi) is 3.19. The molecule has 1 aromatic carbocycles. The van der Waals surface area contributed by atoms with Crippen molar-refractivity contribution in [2.24, 2.45) is 5.73 Å². The minimum atomic E-state index is -0.419. The van der Waals surface area contributed by atoms with Crippen molar-refractivity contribution < 1.29 is 4.79 Å². The van der Waals surface area contributed by atoms with Gasteiger partial charge in [0.2, 0.25) is 5.91 Å². The monoisotopic (exact) mass is 226 g/mol. The molecule has 17 heavy (non-hydrogen) atoms. The van der Waals surface area contributed by atoms with Gasteiger partial charge in [0, 0.05) is 23.9 Å². The molecule has 1 heterocycles. The van der Waals surface area contributed by atoms with Crippen molar-refractivity contribution in [3.05, 3.63) is 65.0 Å². The first kappa shape index (κ1) is 11.3. The number of aryl methyl sites for hydroxylation is 1. The van der Waals surface area contributed by atoms with E-state index < -0.39 is 5.91 Å². The van der Waals surface area contributed by atoms with E-state index in [0.29, 0.717) is 12.0 Å². The van der Waals surface area contributed by atoms with Crippen molar-refractivity contribution in [1.29, 1.82) is 0 Å². The predicted octanol–water partition coefficient (Wildman–Crippen LogP) is 2.08. The van der Waals surface area contributed by atoms with Gasteiger partial charge < -0.3 is 5.73 Å². The number of hydrogen-bond acceptors (Lipinski definition) is 2. The SMILES string of the molecule is Cc1ccc(Cc2cc(C(N)=O)ccn2)cc1. The molecule has 3 heteroatoms. The molecule has 1 aromatic heterocycles. The van der Waals surface area contributed by atoms with Crippen LogP contribution in [-0.4, -0.2) is 10.9 Å². The fourth-order valence-electron chi connectivity index (χ4n) is 1.64. The predicted molar refractivity (Wildman–Crippen MR) is 66.7 cm³/mol. The van der Waals surface area contributed by atoms with Crippen LogP contribution in [0, 0.1) is 6.92 Å². The van der Waals surface area contributed by atoms with E-state index in [1.165, 1.54) is 11.1 Å². The van der Waals surface area contributed by atoms with E-state index in [1.807, 2.05) is 0 Å². The standard InChI is InChI=1S/C14H14N2O/c1-10-2-4-11(5-3-10)8-13-9-12(14(15)17)6-7-16-13/h2-7,9H,8H2,1H3,(H2,15,17). The van der Waals surface area contributed by atoms with Crippen LogP contribution in [0.5, 0.6) is 0 Å². The Labute approximate surface area is 100 Å². The van der Waals surface area contributed by atoms with Crippen LogP contribution in [0.4, 0.5) is 0 Å². The van der Waals surface area contributed by atoms with Crippen LogP contribution in [0.15, 0.2) is 42.6 Å². The summed E-state index contributed by atoms with van der Waals surface area (Å²) in [7, 11) is 0. The second-order valence-electron chi connectivity index (χ2n) is 4.06. The van der Waals surface area contributed by atoms with Crippen LogP contribution in [0.2, 0.25) is 0 Å². The Hall–Kier alpha value is -2.16. The number of rotatable bonds is 3. The number of nitrogens with zero attached hydrogens (tertiary/aromatic N) is 1. The molecule has 0 aliphatic heterocycles. The number of amides is 1. The zero-order valence-electron chi connectivity index (χ0n) is 9.68. The molecule has 0 bridgehead atoms. The highest BCUT2D eigenvalue weighted by Crippen LogP contribution is 2.10. The van der Waals surface area contributed by atoms with Crippen molar-refractivity contribution in [1.82, 2.24) is 4.98 Å². The third kappa shape index (κ3) is 2.91. The van der Waals surface area contributed by atoms with Crippen LogP contribution in [0.1, 0.15) is 27.2 Å². The quantitative estimate of drug-likeness (QED) is 0.871. The normalized spacial score (nSPS) is 10.2. The van der Waals surface area contributed by atoms with Gasteiger partial charge in [-0.2, -0.15) is 0 Å². The van der Waals surface area contributed by atoms with Crippen molar-refractivity contribution in [2.75, 3.05) is 0 Å². The molecule has 0 radical (unpaired) electrons. The van der Waals surface area contributed by atoms with Crippen LogP contribution < -0.4 is 5.73 Å². The van der Waals surface area contributed by atoms with Gasteiger partial charge in [-0.1, -0.05) is 29.8 Å². The molecule has 0 spiro atoms. The molecule has 0 aliphatic carbocycles. The van der Waals surface area contributed by atoms with E-state index in [0.717, 1.165) is 5.69 Å². The summed E-state index contributed by atoms with van der Waals surface area (Å²) >= 11 is 0. The van der Waals surface area contributed by atoms with Gasteiger partial charge >= 0.3 is 0 Å². The van der Waals surface area contributed by atoms with Gasteiger partial charge in [-0.3, -0.25) is 9.78 Å². The number of carbonyl (C=O) groups excluding carboxylic acids is 1. The van der Waals surface area contributed by atoms with Crippen molar-refractivity contribution in [2.45, 2.75) is 13.3 Å². The molecule has 0 saturated heterocycles. The first-order valence-electron chi connectivity index (χ1n) is 5.45. The highest BCUT2D eigenvalue weighted by molar-refractivity contribution is 5.92. The van der Waals surface area contributed by atoms with E-state index in [9.17, 15) is 4.79 Å². The summed E-state index contributed by atoms with van der Waals surface area (Å²) in [4.78, 5) is 15.3. The van der Waals surface area contributed by atoms with Crippen molar-refractivity contribution in [3.63, 3.8) is 0 Å². The largest absolute Gasteiger partial charge is 0.366 e. The molecule has 2 rings (SSSR count). The van der Waals surface area contributed by atoms with Crippen LogP contribution in [0.3, 0.4) is 0 Å². The van der Waals surface area contributed by atoms with E-state index in [1.54, 1.807) is 18.3 Å². The van der Waals surface area contributed by atoms with Crippen LogP contribution >= 0.6 is 0 Å². The number of pyridine rings is 1. The van der Waals surface area contributed by atoms with Gasteiger partial charge in [-0.05, 0) is 24.6 Å². The summed E-state index contributed by atoms with van der Waals surface area (Å²) in [6.45, 7) is 2.05. The third-order valence-electron chi connectivity index (χ3n) is 2.61. The lowest BCUT2D eigenvalue weighted by atomic mass is 10.1. The van der Waals surface area contributed by atoms with Crippen molar-refractivity contribution in [3.8, 4) is 0 Å². The molecule has 3 nitrogen and oxygen atoms in total. The molecule has 0 atom stereocenters. The molecule has 0 saturated carbocycles. The van der Waals surface area contributed by atoms with Gasteiger partial charge in [0.25, 0.3) is 0 Å². The molecule has 0 unspecified atom stereocenters. The molecular weight excluding hydrogens is 212 g/mol. The maximum atomic E-state index is 11.0. The maximum absolute atomic E-state index is 11.0. The van der Waals surface area contributed by atoms with E-state index >= 15 is 0 Å². The second-order valence-corrected chi connectivity index (χ2v) is 4.06. The summed E-state index contributed by atoms with van der Waals surface area (Å²) in [5, 5.41) is 0. The maximum Gasteiger partial charge on any atom is 0.248 e. The lowest BCUT2D eigenvalue weighted by molar-refractivity contribution is 0.1000. The van der Waals surface area contributed by atoms with Gasteiger partial charge in [0.05, 0.1) is 0 Å². The zero-order valence-corrected chi connectivity index (χ0v) is 9.68. The molecule has 2 N–H and O–H groups in total. The summed E-state index contributed by atoms with van der Waals surface area (Å²) in [6, 6.07) is 11.6. The average molecular weight is 226 g/mol. The first-order chi connectivity index (χ1) is 8.15. The molecule has 1 amide bonds. The molecule has 0 fully saturated rings. The van der Waals surface area contributed by atoms with E-state index in [2.05, 4.69) is 36.2 Å². The summed E-state index contributed by atoms with van der Waals surface area (Å²) in [6.07, 6.45) is 2.32. The zero-order chi connectivity index (χ0) is 12.3. The van der Waals surface area contributed by atoms with Crippen LogP contribution in [0.25, 0.3) is 0 Å². The van der Waals surface area contributed by atoms with Crippen LogP contribution in [-0.2, 0) is 6.42 Å². The minimum Gasteiger partial charge on any atom is -0.366 e. The lowest BCUT2D eigenvalue weighted by Crippen LogP contribution is -2.11. The van der Waals surface area contributed by atoms with Crippen molar-refractivity contribution >= 4 is 5.91 Å². The number of primary amides is 1. The number of benzene rings is 1. The van der Waals surface area contributed by atoms with Gasteiger partial charge in [0.15, 0.2) is 0 Å². The fourth-order valence-corrected chi connectivity index (χ4v) is 1.64. The molecular formula is C14H14N2O. The highest BCUT2D eigenvalue weighted by atomic mass is 16.1. The Morgan fingerprint density at radius 2 is 1.94 bits per heavy atom. The summed E-state index contributed by atoms with van der Waals surface area (Å²) in [5.74, 6) is -0.419. The third-order valence-corrected chi connectivity index (χ3v) is 2.61. The Morgan fingerprint density at radius 1 is 1.24 bits per heavy atom. The average Bonchev–Trinajstić information content (AvgIpc) is 2.32. The first-order valence-corrected chi connectivity index (χ1v) is 5.45. The Balaban J connectivity index is 2.21. The smallest absolute Gasteiger partial charge is 0.248 e. The molecule has 86 valence electrons.